The molecule has 0 aromatic carbocycles. The Bertz CT molecular complexity index is 477. The van der Waals surface area contributed by atoms with Crippen LogP contribution >= 0.6 is 11.3 Å². The number of hydrogen-bond acceptors (Lipinski definition) is 5. The molecule has 2 aromatic rings. The smallest absolute Gasteiger partial charge is 0.174 e. The molecule has 2 heterocycles. The SMILES string of the molecule is COCCn1cnnc1-c1sc(N)cc1C. The van der Waals surface area contributed by atoms with Crippen LogP contribution in [0.3, 0.4) is 0 Å². The van der Waals surface area contributed by atoms with Gasteiger partial charge in [-0.2, -0.15) is 0 Å². The predicted octanol–water partition coefficient (Wildman–Crippen LogP) is 1.54. The van der Waals surface area contributed by atoms with Gasteiger partial charge in [0.15, 0.2) is 5.82 Å². The Balaban J connectivity index is 2.33. The zero-order valence-electron chi connectivity index (χ0n) is 9.30. The number of aromatic nitrogens is 3. The maximum atomic E-state index is 5.77. The number of nitrogen functional groups attached to an aromatic ring is 1. The van der Waals surface area contributed by atoms with Crippen molar-refractivity contribution in [1.29, 1.82) is 0 Å². The molecule has 0 aliphatic rings. The molecule has 86 valence electrons. The first-order valence-corrected chi connectivity index (χ1v) is 5.77. The van der Waals surface area contributed by atoms with Crippen molar-refractivity contribution in [3.8, 4) is 10.7 Å². The zero-order valence-corrected chi connectivity index (χ0v) is 10.1. The molecular weight excluding hydrogens is 224 g/mol. The largest absolute Gasteiger partial charge is 0.391 e. The van der Waals surface area contributed by atoms with E-state index in [0.717, 1.165) is 27.8 Å². The summed E-state index contributed by atoms with van der Waals surface area (Å²) in [5, 5.41) is 8.85. The third-order valence-corrected chi connectivity index (χ3v) is 3.35. The Hall–Kier alpha value is -1.40. The van der Waals surface area contributed by atoms with Crippen LogP contribution in [0.2, 0.25) is 0 Å². The summed E-state index contributed by atoms with van der Waals surface area (Å²) in [7, 11) is 1.68. The molecule has 0 bridgehead atoms. The highest BCUT2D eigenvalue weighted by atomic mass is 32.1. The molecule has 2 aromatic heterocycles. The molecular formula is C10H14N4OS. The van der Waals surface area contributed by atoms with E-state index < -0.39 is 0 Å². The Morgan fingerprint density at radius 3 is 3.00 bits per heavy atom. The van der Waals surface area contributed by atoms with E-state index >= 15 is 0 Å². The summed E-state index contributed by atoms with van der Waals surface area (Å²) in [5.41, 5.74) is 6.91. The van der Waals surface area contributed by atoms with Gasteiger partial charge in [-0.25, -0.2) is 0 Å². The summed E-state index contributed by atoms with van der Waals surface area (Å²) in [6.45, 7) is 3.42. The monoisotopic (exact) mass is 238 g/mol. The number of methoxy groups -OCH3 is 1. The van der Waals surface area contributed by atoms with Crippen LogP contribution < -0.4 is 5.73 Å². The van der Waals surface area contributed by atoms with Gasteiger partial charge in [0.1, 0.15) is 6.33 Å². The number of hydrogen-bond donors (Lipinski definition) is 1. The number of nitrogens with two attached hydrogens (primary N) is 1. The second kappa shape index (κ2) is 4.63. The van der Waals surface area contributed by atoms with Crippen LogP contribution in [0.4, 0.5) is 5.00 Å². The van der Waals surface area contributed by atoms with E-state index in [1.54, 1.807) is 13.4 Å². The standard InChI is InChI=1S/C10H14N4OS/c1-7-5-8(11)16-9(7)10-13-12-6-14(10)3-4-15-2/h5-6H,3-4,11H2,1-2H3. The minimum absolute atomic E-state index is 0.644. The van der Waals surface area contributed by atoms with Crippen molar-refractivity contribution in [3.05, 3.63) is 18.0 Å². The highest BCUT2D eigenvalue weighted by Crippen LogP contribution is 2.32. The molecule has 0 amide bonds. The van der Waals surface area contributed by atoms with Crippen LogP contribution in [0, 0.1) is 6.92 Å². The fraction of sp³-hybridized carbons (Fsp3) is 0.400. The van der Waals surface area contributed by atoms with E-state index in [0.29, 0.717) is 6.61 Å². The van der Waals surface area contributed by atoms with Gasteiger partial charge in [0.25, 0.3) is 0 Å². The quantitative estimate of drug-likeness (QED) is 0.877. The molecule has 2 N–H and O–H groups in total. The predicted molar refractivity (Wildman–Crippen MR) is 64.4 cm³/mol. The van der Waals surface area contributed by atoms with Crippen molar-refractivity contribution >= 4 is 16.3 Å². The molecule has 0 aliphatic heterocycles. The lowest BCUT2D eigenvalue weighted by atomic mass is 10.3. The third kappa shape index (κ3) is 2.07. The highest BCUT2D eigenvalue weighted by molar-refractivity contribution is 7.19. The second-order valence-corrected chi connectivity index (χ2v) is 4.59. The van der Waals surface area contributed by atoms with Gasteiger partial charge in [0, 0.05) is 13.7 Å². The minimum atomic E-state index is 0.644. The average molecular weight is 238 g/mol. The molecule has 0 saturated heterocycles. The third-order valence-electron chi connectivity index (χ3n) is 2.29. The van der Waals surface area contributed by atoms with Crippen molar-refractivity contribution in [2.45, 2.75) is 13.5 Å². The lowest BCUT2D eigenvalue weighted by molar-refractivity contribution is 0.187. The van der Waals surface area contributed by atoms with E-state index in [4.69, 9.17) is 10.5 Å². The van der Waals surface area contributed by atoms with E-state index in [9.17, 15) is 0 Å². The lowest BCUT2D eigenvalue weighted by Gasteiger charge is -2.04. The van der Waals surface area contributed by atoms with E-state index in [1.165, 1.54) is 11.3 Å². The summed E-state index contributed by atoms with van der Waals surface area (Å²) in [6, 6.07) is 1.95. The maximum Gasteiger partial charge on any atom is 0.174 e. The van der Waals surface area contributed by atoms with Crippen molar-refractivity contribution in [1.82, 2.24) is 14.8 Å². The molecule has 5 nitrogen and oxygen atoms in total. The Morgan fingerprint density at radius 1 is 1.56 bits per heavy atom. The number of ether oxygens (including phenoxy) is 1. The van der Waals surface area contributed by atoms with Crippen LogP contribution in [0.5, 0.6) is 0 Å². The molecule has 0 spiro atoms. The second-order valence-electron chi connectivity index (χ2n) is 3.50. The Morgan fingerprint density at radius 2 is 2.38 bits per heavy atom. The molecule has 2 rings (SSSR count). The van der Waals surface area contributed by atoms with Crippen molar-refractivity contribution in [2.24, 2.45) is 0 Å². The first kappa shape index (κ1) is 11.1. The summed E-state index contributed by atoms with van der Waals surface area (Å²) >= 11 is 1.53. The zero-order chi connectivity index (χ0) is 11.5. The number of rotatable bonds is 4. The van der Waals surface area contributed by atoms with Gasteiger partial charge >= 0.3 is 0 Å². The summed E-state index contributed by atoms with van der Waals surface area (Å²) in [5.74, 6) is 0.858. The molecule has 0 radical (unpaired) electrons. The normalized spacial score (nSPS) is 10.9. The molecule has 0 unspecified atom stereocenters. The number of nitrogens with zero attached hydrogens (tertiary/aromatic N) is 3. The van der Waals surface area contributed by atoms with Gasteiger partial charge in [-0.1, -0.05) is 0 Å². The van der Waals surface area contributed by atoms with Crippen LogP contribution in [-0.2, 0) is 11.3 Å². The number of thiophene rings is 1. The average Bonchev–Trinajstić information content (AvgIpc) is 2.81. The molecule has 16 heavy (non-hydrogen) atoms. The first-order valence-electron chi connectivity index (χ1n) is 4.95. The van der Waals surface area contributed by atoms with Gasteiger partial charge in [-0.05, 0) is 18.6 Å². The molecule has 0 atom stereocenters. The fourth-order valence-electron chi connectivity index (χ4n) is 1.51. The minimum Gasteiger partial charge on any atom is -0.391 e. The van der Waals surface area contributed by atoms with Gasteiger partial charge in [-0.3, -0.25) is 0 Å². The van der Waals surface area contributed by atoms with Crippen molar-refractivity contribution < 1.29 is 4.74 Å². The van der Waals surface area contributed by atoms with Crippen LogP contribution in [-0.4, -0.2) is 28.5 Å². The summed E-state index contributed by atoms with van der Waals surface area (Å²) < 4.78 is 7.02. The maximum absolute atomic E-state index is 5.77. The van der Waals surface area contributed by atoms with Crippen LogP contribution in [0.15, 0.2) is 12.4 Å². The highest BCUT2D eigenvalue weighted by Gasteiger charge is 2.12. The van der Waals surface area contributed by atoms with Gasteiger partial charge in [0.2, 0.25) is 0 Å². The summed E-state index contributed by atoms with van der Waals surface area (Å²) in [6.07, 6.45) is 1.71. The molecule has 6 heteroatoms. The lowest BCUT2D eigenvalue weighted by Crippen LogP contribution is -2.04. The van der Waals surface area contributed by atoms with Gasteiger partial charge in [0.05, 0.1) is 16.5 Å². The van der Waals surface area contributed by atoms with E-state index in [2.05, 4.69) is 10.2 Å². The van der Waals surface area contributed by atoms with Crippen LogP contribution in [0.1, 0.15) is 5.56 Å². The molecule has 0 fully saturated rings. The number of aryl methyl sites for hydroxylation is 1. The van der Waals surface area contributed by atoms with Crippen molar-refractivity contribution in [3.63, 3.8) is 0 Å². The first-order chi connectivity index (χ1) is 7.72. The fourth-order valence-corrected chi connectivity index (χ4v) is 2.45. The Kier molecular flexibility index (Phi) is 3.21. The van der Waals surface area contributed by atoms with Gasteiger partial charge < -0.3 is 15.0 Å². The van der Waals surface area contributed by atoms with Crippen molar-refractivity contribution in [2.75, 3.05) is 19.5 Å². The van der Waals surface area contributed by atoms with E-state index in [1.807, 2.05) is 17.6 Å². The van der Waals surface area contributed by atoms with Crippen LogP contribution in [0.25, 0.3) is 10.7 Å². The molecule has 0 aliphatic carbocycles. The van der Waals surface area contributed by atoms with Gasteiger partial charge in [-0.15, -0.1) is 21.5 Å². The number of anilines is 1. The van der Waals surface area contributed by atoms with E-state index in [-0.39, 0.29) is 0 Å². The topological polar surface area (TPSA) is 66.0 Å². The summed E-state index contributed by atoms with van der Waals surface area (Å²) in [4.78, 5) is 1.08. The molecule has 0 saturated carbocycles. The Labute approximate surface area is 97.9 Å².